The summed E-state index contributed by atoms with van der Waals surface area (Å²) in [6, 6.07) is 9.15. The lowest BCUT2D eigenvalue weighted by atomic mass is 9.77. The van der Waals surface area contributed by atoms with Crippen LogP contribution in [-0.4, -0.2) is 68.3 Å². The highest BCUT2D eigenvalue weighted by Crippen LogP contribution is 2.46. The first-order valence-corrected chi connectivity index (χ1v) is 17.9. The first-order valence-electron chi connectivity index (χ1n) is 16.0. The van der Waals surface area contributed by atoms with Crippen molar-refractivity contribution in [3.05, 3.63) is 47.1 Å². The van der Waals surface area contributed by atoms with Crippen molar-refractivity contribution in [3.8, 4) is 0 Å². The Labute approximate surface area is 268 Å². The number of anilines is 2. The Kier molecular flexibility index (Phi) is 9.36. The van der Waals surface area contributed by atoms with Gasteiger partial charge in [0.1, 0.15) is 11.0 Å². The lowest BCUT2D eigenvalue weighted by molar-refractivity contribution is -0.129. The molecule has 4 aliphatic rings. The minimum Gasteiger partial charge on any atom is -0.354 e. The van der Waals surface area contributed by atoms with Gasteiger partial charge in [-0.15, -0.1) is 0 Å². The fraction of sp³-hybridized carbons (Fsp3) is 0.594. The molecule has 2 saturated heterocycles. The van der Waals surface area contributed by atoms with Crippen molar-refractivity contribution in [1.82, 2.24) is 14.6 Å². The number of benzene rings is 1. The minimum atomic E-state index is -3.78. The van der Waals surface area contributed by atoms with Crippen LogP contribution in [0, 0.1) is 11.8 Å². The number of halogens is 3. The molecule has 13 heteroatoms. The largest absolute Gasteiger partial charge is 0.354 e. The number of hydrogen-bond acceptors (Lipinski definition) is 6. The Bertz CT molecular complexity index is 1500. The molecule has 45 heavy (non-hydrogen) atoms. The van der Waals surface area contributed by atoms with Crippen molar-refractivity contribution in [2.75, 3.05) is 42.5 Å². The Morgan fingerprint density at radius 2 is 1.58 bits per heavy atom. The van der Waals surface area contributed by atoms with Gasteiger partial charge in [0.2, 0.25) is 21.8 Å². The minimum absolute atomic E-state index is 0.00496. The van der Waals surface area contributed by atoms with E-state index in [0.29, 0.717) is 37.3 Å². The zero-order valence-corrected chi connectivity index (χ0v) is 26.8. The van der Waals surface area contributed by atoms with E-state index in [4.69, 9.17) is 11.6 Å². The van der Waals surface area contributed by atoms with Crippen LogP contribution in [0.4, 0.5) is 20.3 Å². The number of piperazine rings is 1. The van der Waals surface area contributed by atoms with Gasteiger partial charge in [-0.05, 0) is 81.3 Å². The molecular weight excluding hydrogens is 624 g/mol. The van der Waals surface area contributed by atoms with Crippen LogP contribution >= 0.6 is 11.6 Å². The number of hydrogen-bond donors (Lipinski definition) is 1. The van der Waals surface area contributed by atoms with Crippen molar-refractivity contribution in [1.29, 1.82) is 0 Å². The van der Waals surface area contributed by atoms with E-state index in [1.54, 1.807) is 21.9 Å². The fourth-order valence-electron chi connectivity index (χ4n) is 7.21. The molecule has 1 N–H and O–H groups in total. The van der Waals surface area contributed by atoms with Gasteiger partial charge in [-0.3, -0.25) is 9.59 Å². The van der Waals surface area contributed by atoms with E-state index in [2.05, 4.69) is 10.3 Å². The predicted octanol–water partition coefficient (Wildman–Crippen LogP) is 5.33. The third kappa shape index (κ3) is 6.83. The van der Waals surface area contributed by atoms with Gasteiger partial charge >= 0.3 is 0 Å². The lowest BCUT2D eigenvalue weighted by Crippen LogP contribution is -2.49. The van der Waals surface area contributed by atoms with Crippen molar-refractivity contribution in [2.45, 2.75) is 81.1 Å². The summed E-state index contributed by atoms with van der Waals surface area (Å²) in [4.78, 5) is 32.6. The molecule has 2 aliphatic heterocycles. The first kappa shape index (κ1) is 32.1. The molecule has 0 radical (unpaired) electrons. The SMILES string of the molecule is O=C1CCCN1c1ccc(S(=O)(=O)N2CCN(c3cc(C(F)(F)[C@H]4CC[C@H](C(=O)NC5CCCC5)CC4)cc(Cl)n3)CC2)cc1. The Morgan fingerprint density at radius 3 is 2.20 bits per heavy atom. The van der Waals surface area contributed by atoms with Crippen LogP contribution in [0.25, 0.3) is 0 Å². The van der Waals surface area contributed by atoms with Gasteiger partial charge in [0.05, 0.1) is 4.90 Å². The number of nitrogens with one attached hydrogen (secondary N) is 1. The van der Waals surface area contributed by atoms with Crippen LogP contribution in [-0.2, 0) is 25.5 Å². The van der Waals surface area contributed by atoms with Crippen LogP contribution in [0.3, 0.4) is 0 Å². The summed E-state index contributed by atoms with van der Waals surface area (Å²) in [7, 11) is -3.78. The molecule has 244 valence electrons. The Morgan fingerprint density at radius 1 is 0.911 bits per heavy atom. The zero-order valence-electron chi connectivity index (χ0n) is 25.3. The molecule has 1 aromatic carbocycles. The molecule has 0 spiro atoms. The van der Waals surface area contributed by atoms with E-state index in [-0.39, 0.29) is 78.4 Å². The molecule has 2 amide bonds. The number of aromatic nitrogens is 1. The normalized spacial score (nSPS) is 23.9. The Hall–Kier alpha value is -2.83. The third-order valence-electron chi connectivity index (χ3n) is 9.90. The monoisotopic (exact) mass is 663 g/mol. The van der Waals surface area contributed by atoms with Gasteiger partial charge in [0.15, 0.2) is 0 Å². The maximum atomic E-state index is 15.9. The van der Waals surface area contributed by atoms with Crippen molar-refractivity contribution >= 4 is 44.9 Å². The van der Waals surface area contributed by atoms with Crippen LogP contribution in [0.2, 0.25) is 5.15 Å². The highest BCUT2D eigenvalue weighted by Gasteiger charge is 2.45. The van der Waals surface area contributed by atoms with Crippen LogP contribution in [0.5, 0.6) is 0 Å². The highest BCUT2D eigenvalue weighted by atomic mass is 35.5. The summed E-state index contributed by atoms with van der Waals surface area (Å²) in [6.45, 7) is 1.46. The molecule has 2 aromatic rings. The average molecular weight is 664 g/mol. The van der Waals surface area contributed by atoms with Crippen molar-refractivity contribution < 1.29 is 26.8 Å². The molecule has 9 nitrogen and oxygen atoms in total. The van der Waals surface area contributed by atoms with Gasteiger partial charge in [-0.2, -0.15) is 4.31 Å². The van der Waals surface area contributed by atoms with E-state index in [1.807, 2.05) is 0 Å². The molecule has 0 bridgehead atoms. The van der Waals surface area contributed by atoms with E-state index in [9.17, 15) is 18.0 Å². The molecule has 6 rings (SSSR count). The Balaban J connectivity index is 1.07. The smallest absolute Gasteiger partial charge is 0.276 e. The summed E-state index contributed by atoms with van der Waals surface area (Å²) < 4.78 is 59.8. The second-order valence-corrected chi connectivity index (χ2v) is 15.1. The standard InChI is InChI=1S/C32H40ClF2N5O4S/c33-28-20-24(32(34,35)23-9-7-22(8-10-23)31(42)36-25-4-1-2-5-25)21-29(37-28)38-16-18-39(19-17-38)45(43,44)27-13-11-26(12-14-27)40-15-3-6-30(40)41/h11-14,20-23,25H,1-10,15-19H2,(H,36,42)/t22-,23-. The second-order valence-electron chi connectivity index (χ2n) is 12.7. The van der Waals surface area contributed by atoms with E-state index in [0.717, 1.165) is 32.1 Å². The highest BCUT2D eigenvalue weighted by molar-refractivity contribution is 7.89. The molecule has 4 fully saturated rings. The van der Waals surface area contributed by atoms with Crippen LogP contribution in [0.1, 0.15) is 69.8 Å². The number of alkyl halides is 2. The summed E-state index contributed by atoms with van der Waals surface area (Å²) >= 11 is 6.26. The van der Waals surface area contributed by atoms with Crippen LogP contribution in [0.15, 0.2) is 41.3 Å². The maximum absolute atomic E-state index is 15.9. The molecule has 2 aliphatic carbocycles. The van der Waals surface area contributed by atoms with Gasteiger partial charge in [-0.1, -0.05) is 24.4 Å². The first-order chi connectivity index (χ1) is 21.5. The number of nitrogens with zero attached hydrogens (tertiary/aromatic N) is 4. The summed E-state index contributed by atoms with van der Waals surface area (Å²) in [5, 5.41) is 3.07. The second kappa shape index (κ2) is 13.1. The number of carbonyl (C=O) groups excluding carboxylic acids is 2. The van der Waals surface area contributed by atoms with Gasteiger partial charge in [-0.25, -0.2) is 22.2 Å². The molecule has 3 heterocycles. The maximum Gasteiger partial charge on any atom is 0.276 e. The van der Waals surface area contributed by atoms with E-state index in [1.165, 1.54) is 28.6 Å². The van der Waals surface area contributed by atoms with Crippen molar-refractivity contribution in [3.63, 3.8) is 0 Å². The summed E-state index contributed by atoms with van der Waals surface area (Å²) in [5.74, 6) is -3.97. The van der Waals surface area contributed by atoms with E-state index < -0.39 is 21.9 Å². The van der Waals surface area contributed by atoms with Crippen molar-refractivity contribution in [2.24, 2.45) is 11.8 Å². The van der Waals surface area contributed by atoms with Crippen LogP contribution < -0.4 is 15.1 Å². The zero-order chi connectivity index (χ0) is 31.8. The third-order valence-corrected chi connectivity index (χ3v) is 12.0. The molecular formula is C32H40ClF2N5O4S. The lowest BCUT2D eigenvalue weighted by Gasteiger charge is -2.36. The number of sulfonamides is 1. The summed E-state index contributed by atoms with van der Waals surface area (Å²) in [6.07, 6.45) is 6.85. The van der Waals surface area contributed by atoms with Gasteiger partial charge in [0, 0.05) is 68.3 Å². The number of amides is 2. The molecule has 2 saturated carbocycles. The topological polar surface area (TPSA) is 103 Å². The average Bonchev–Trinajstić information content (AvgIpc) is 3.72. The number of carbonyl (C=O) groups is 2. The molecule has 0 unspecified atom stereocenters. The predicted molar refractivity (Wildman–Crippen MR) is 168 cm³/mol. The quantitative estimate of drug-likeness (QED) is 0.383. The fourth-order valence-corrected chi connectivity index (χ4v) is 8.83. The number of rotatable bonds is 8. The number of pyridine rings is 1. The van der Waals surface area contributed by atoms with Gasteiger partial charge in [0.25, 0.3) is 5.92 Å². The molecule has 1 aromatic heterocycles. The van der Waals surface area contributed by atoms with E-state index >= 15 is 8.78 Å². The summed E-state index contributed by atoms with van der Waals surface area (Å²) in [5.41, 5.74) is 0.474. The van der Waals surface area contributed by atoms with Gasteiger partial charge < -0.3 is 15.1 Å². The molecule has 0 atom stereocenters.